The zero-order chi connectivity index (χ0) is 6.24. The van der Waals surface area contributed by atoms with Gasteiger partial charge in [-0.15, -0.1) is 0 Å². The van der Waals surface area contributed by atoms with Gasteiger partial charge in [-0.05, 0) is 14.0 Å². The molecule has 0 radical (unpaired) electrons. The van der Waals surface area contributed by atoms with Crippen molar-refractivity contribution in [2.75, 3.05) is 13.6 Å². The van der Waals surface area contributed by atoms with Gasteiger partial charge >= 0.3 is 0 Å². The Morgan fingerprint density at radius 3 is 2.62 bits per heavy atom. The molecule has 1 nitrogen and oxygen atoms in total. The molecule has 0 saturated carbocycles. The van der Waals surface area contributed by atoms with Gasteiger partial charge in [0.15, 0.2) is 0 Å². The highest BCUT2D eigenvalue weighted by molar-refractivity contribution is 5.01. The van der Waals surface area contributed by atoms with Crippen LogP contribution in [-0.2, 0) is 0 Å². The number of hydrogen-bond donors (Lipinski definition) is 1. The van der Waals surface area contributed by atoms with Gasteiger partial charge in [0.25, 0.3) is 0 Å². The molecule has 0 fully saturated rings. The average Bonchev–Trinajstić information content (AvgIpc) is 1.81. The summed E-state index contributed by atoms with van der Waals surface area (Å²) in [5.74, 6) is 0. The minimum Gasteiger partial charge on any atom is -0.316 e. The summed E-state index contributed by atoms with van der Waals surface area (Å²) < 4.78 is 0. The maximum absolute atomic E-state index is 3.01. The lowest BCUT2D eigenvalue weighted by atomic mass is 10.4. The van der Waals surface area contributed by atoms with E-state index in [9.17, 15) is 0 Å². The third-order valence-electron chi connectivity index (χ3n) is 0.762. The first-order valence-corrected chi connectivity index (χ1v) is 2.84. The van der Waals surface area contributed by atoms with Crippen molar-refractivity contribution in [2.45, 2.75) is 6.92 Å². The number of likely N-dealkylation sites (N-methyl/N-ethyl adjacent to an activating group) is 1. The highest BCUT2D eigenvalue weighted by Gasteiger charge is 1.64. The molecule has 1 heteroatoms. The van der Waals surface area contributed by atoms with Crippen LogP contribution < -0.4 is 5.32 Å². The molecule has 0 saturated heterocycles. The molecule has 0 amide bonds. The molecular formula is C7H13N. The average molecular weight is 111 g/mol. The smallest absolute Gasteiger partial charge is 0.0134 e. The lowest BCUT2D eigenvalue weighted by Crippen LogP contribution is -2.03. The molecule has 0 atom stereocenters. The maximum atomic E-state index is 3.01. The van der Waals surface area contributed by atoms with Gasteiger partial charge in [-0.1, -0.05) is 24.3 Å². The van der Waals surface area contributed by atoms with Gasteiger partial charge in [-0.3, -0.25) is 0 Å². The molecule has 0 aliphatic rings. The molecule has 0 aromatic carbocycles. The minimum atomic E-state index is 0.949. The van der Waals surface area contributed by atoms with Gasteiger partial charge < -0.3 is 5.32 Å². The largest absolute Gasteiger partial charge is 0.316 e. The van der Waals surface area contributed by atoms with Gasteiger partial charge in [0, 0.05) is 6.54 Å². The molecule has 0 aromatic heterocycles. The molecule has 46 valence electrons. The third-order valence-corrected chi connectivity index (χ3v) is 0.762. The standard InChI is InChI=1S/C7H13N/c1-3-4-5-6-7-8-2/h3-6,8H,7H2,1-2H3/b4-3-,6-5+. The number of allylic oxidation sites excluding steroid dienone is 3. The summed E-state index contributed by atoms with van der Waals surface area (Å²) in [6.45, 7) is 2.95. The molecule has 0 aliphatic carbocycles. The predicted octanol–water partition coefficient (Wildman–Crippen LogP) is 1.34. The molecule has 0 aliphatic heterocycles. The fourth-order valence-corrected chi connectivity index (χ4v) is 0.376. The van der Waals surface area contributed by atoms with Gasteiger partial charge in [0.2, 0.25) is 0 Å². The quantitative estimate of drug-likeness (QED) is 0.542. The van der Waals surface area contributed by atoms with E-state index in [0.717, 1.165) is 6.54 Å². The van der Waals surface area contributed by atoms with Crippen molar-refractivity contribution in [2.24, 2.45) is 0 Å². The van der Waals surface area contributed by atoms with Crippen LogP contribution in [0.15, 0.2) is 24.3 Å². The van der Waals surface area contributed by atoms with Crippen LogP contribution in [0.5, 0.6) is 0 Å². The summed E-state index contributed by atoms with van der Waals surface area (Å²) in [7, 11) is 1.93. The van der Waals surface area contributed by atoms with Crippen LogP contribution in [0.2, 0.25) is 0 Å². The minimum absolute atomic E-state index is 0.949. The second-order valence-electron chi connectivity index (χ2n) is 1.51. The highest BCUT2D eigenvalue weighted by Crippen LogP contribution is 1.72. The third kappa shape index (κ3) is 5.44. The van der Waals surface area contributed by atoms with E-state index in [4.69, 9.17) is 0 Å². The second-order valence-corrected chi connectivity index (χ2v) is 1.51. The Morgan fingerprint density at radius 2 is 2.12 bits per heavy atom. The van der Waals surface area contributed by atoms with Gasteiger partial charge in [-0.2, -0.15) is 0 Å². The van der Waals surface area contributed by atoms with Crippen LogP contribution in [0.1, 0.15) is 6.92 Å². The fourth-order valence-electron chi connectivity index (χ4n) is 0.376. The number of hydrogen-bond acceptors (Lipinski definition) is 1. The summed E-state index contributed by atoms with van der Waals surface area (Å²) in [4.78, 5) is 0. The Kier molecular flexibility index (Phi) is 5.99. The van der Waals surface area contributed by atoms with E-state index < -0.39 is 0 Å². The predicted molar refractivity (Wildman–Crippen MR) is 37.9 cm³/mol. The van der Waals surface area contributed by atoms with Gasteiger partial charge in [-0.25, -0.2) is 0 Å². The summed E-state index contributed by atoms with van der Waals surface area (Å²) in [6.07, 6.45) is 8.11. The zero-order valence-corrected chi connectivity index (χ0v) is 5.52. The van der Waals surface area contributed by atoms with Crippen LogP contribution >= 0.6 is 0 Å². The van der Waals surface area contributed by atoms with Crippen LogP contribution in [-0.4, -0.2) is 13.6 Å². The topological polar surface area (TPSA) is 12.0 Å². The van der Waals surface area contributed by atoms with Crippen molar-refractivity contribution in [3.63, 3.8) is 0 Å². The van der Waals surface area contributed by atoms with Crippen LogP contribution in [0.3, 0.4) is 0 Å². The molecule has 0 aromatic rings. The monoisotopic (exact) mass is 111 g/mol. The van der Waals surface area contributed by atoms with E-state index >= 15 is 0 Å². The van der Waals surface area contributed by atoms with Crippen LogP contribution in [0.25, 0.3) is 0 Å². The van der Waals surface area contributed by atoms with Crippen molar-refractivity contribution in [1.29, 1.82) is 0 Å². The number of nitrogens with one attached hydrogen (secondary N) is 1. The Balaban J connectivity index is 3.07. The SMILES string of the molecule is C/C=C\C=C\CNC. The van der Waals surface area contributed by atoms with E-state index in [-0.39, 0.29) is 0 Å². The molecular weight excluding hydrogens is 98.1 g/mol. The molecule has 0 bridgehead atoms. The first kappa shape index (κ1) is 7.44. The summed E-state index contributed by atoms with van der Waals surface area (Å²) in [6, 6.07) is 0. The van der Waals surface area contributed by atoms with Crippen molar-refractivity contribution >= 4 is 0 Å². The van der Waals surface area contributed by atoms with Crippen LogP contribution in [0, 0.1) is 0 Å². The van der Waals surface area contributed by atoms with Gasteiger partial charge in [0.1, 0.15) is 0 Å². The summed E-state index contributed by atoms with van der Waals surface area (Å²) in [5, 5.41) is 3.01. The summed E-state index contributed by atoms with van der Waals surface area (Å²) in [5.41, 5.74) is 0. The van der Waals surface area contributed by atoms with E-state index in [0.29, 0.717) is 0 Å². The normalized spacial score (nSPS) is 11.8. The van der Waals surface area contributed by atoms with Crippen molar-refractivity contribution in [3.8, 4) is 0 Å². The maximum Gasteiger partial charge on any atom is 0.0134 e. The molecule has 0 unspecified atom stereocenters. The first-order valence-electron chi connectivity index (χ1n) is 2.84. The lowest BCUT2D eigenvalue weighted by Gasteiger charge is -1.82. The molecule has 1 N–H and O–H groups in total. The molecule has 8 heavy (non-hydrogen) atoms. The Hall–Kier alpha value is -0.560. The van der Waals surface area contributed by atoms with Crippen molar-refractivity contribution in [1.82, 2.24) is 5.32 Å². The fraction of sp³-hybridized carbons (Fsp3) is 0.429. The van der Waals surface area contributed by atoms with Crippen molar-refractivity contribution < 1.29 is 0 Å². The van der Waals surface area contributed by atoms with E-state index in [1.54, 1.807) is 0 Å². The van der Waals surface area contributed by atoms with Crippen molar-refractivity contribution in [3.05, 3.63) is 24.3 Å². The second kappa shape index (κ2) is 6.44. The van der Waals surface area contributed by atoms with Crippen LogP contribution in [0.4, 0.5) is 0 Å². The highest BCUT2D eigenvalue weighted by atomic mass is 14.8. The van der Waals surface area contributed by atoms with E-state index in [1.807, 2.05) is 32.2 Å². The van der Waals surface area contributed by atoms with E-state index in [2.05, 4.69) is 11.4 Å². The Labute approximate surface area is 51.1 Å². The Bertz CT molecular complexity index is 82.4. The lowest BCUT2D eigenvalue weighted by molar-refractivity contribution is 0.920. The Morgan fingerprint density at radius 1 is 1.38 bits per heavy atom. The van der Waals surface area contributed by atoms with E-state index in [1.165, 1.54) is 0 Å². The molecule has 0 spiro atoms. The molecule has 0 heterocycles. The zero-order valence-electron chi connectivity index (χ0n) is 5.52. The molecule has 0 rings (SSSR count). The van der Waals surface area contributed by atoms with Gasteiger partial charge in [0.05, 0.1) is 0 Å². The number of rotatable bonds is 3. The first-order chi connectivity index (χ1) is 3.91. The summed E-state index contributed by atoms with van der Waals surface area (Å²) >= 11 is 0.